The fourth-order valence-electron chi connectivity index (χ4n) is 1.76. The van der Waals surface area contributed by atoms with Crippen LogP contribution in [0.3, 0.4) is 0 Å². The molecule has 1 aliphatic heterocycles. The fourth-order valence-corrected chi connectivity index (χ4v) is 2.25. The van der Waals surface area contributed by atoms with Crippen molar-refractivity contribution in [1.82, 2.24) is 5.01 Å². The lowest BCUT2D eigenvalue weighted by Crippen LogP contribution is -2.50. The van der Waals surface area contributed by atoms with Crippen LogP contribution < -0.4 is 0 Å². The van der Waals surface area contributed by atoms with Gasteiger partial charge < -0.3 is 0 Å². The Bertz CT molecular complexity index is 555. The van der Waals surface area contributed by atoms with Crippen LogP contribution >= 0.6 is 34.8 Å². The van der Waals surface area contributed by atoms with Crippen LogP contribution in [-0.4, -0.2) is 33.8 Å². The van der Waals surface area contributed by atoms with Gasteiger partial charge in [0.15, 0.2) is 0 Å². The van der Waals surface area contributed by atoms with Crippen molar-refractivity contribution in [3.05, 3.63) is 22.2 Å². The summed E-state index contributed by atoms with van der Waals surface area (Å²) in [5.41, 5.74) is 0.0930. The number of aliphatic imine (C=N–C) groups is 1. The van der Waals surface area contributed by atoms with Gasteiger partial charge in [-0.2, -0.15) is 13.2 Å². The van der Waals surface area contributed by atoms with E-state index in [1.807, 2.05) is 0 Å². The molecule has 9 heteroatoms. The lowest BCUT2D eigenvalue weighted by molar-refractivity contribution is -0.0622. The van der Waals surface area contributed by atoms with Gasteiger partial charge in [0.05, 0.1) is 15.8 Å². The standard InChI is InChI=1S/C11H9Cl3F3N3/c1-10(2,14)20-8-4-6(13)5(12)3-7(8)18-9(19-20)11(15,16)17/h3-4,8H,1-2H3. The van der Waals surface area contributed by atoms with Gasteiger partial charge in [-0.25, -0.2) is 4.99 Å². The Morgan fingerprint density at radius 2 is 1.80 bits per heavy atom. The first-order valence-corrected chi connectivity index (χ1v) is 6.61. The van der Waals surface area contributed by atoms with E-state index in [-0.39, 0.29) is 15.8 Å². The Hall–Kier alpha value is -0.720. The highest BCUT2D eigenvalue weighted by molar-refractivity contribution is 6.46. The number of fused-ring (bicyclic) bond motifs is 1. The zero-order valence-corrected chi connectivity index (χ0v) is 12.6. The highest BCUT2D eigenvalue weighted by Crippen LogP contribution is 2.35. The van der Waals surface area contributed by atoms with Crippen LogP contribution in [0.25, 0.3) is 0 Å². The maximum Gasteiger partial charge on any atom is 0.453 e. The van der Waals surface area contributed by atoms with E-state index in [1.165, 1.54) is 26.0 Å². The molecule has 20 heavy (non-hydrogen) atoms. The Labute approximate surface area is 128 Å². The highest BCUT2D eigenvalue weighted by atomic mass is 35.5. The molecule has 2 aliphatic rings. The molecular weight excluding hydrogens is 337 g/mol. The third kappa shape index (κ3) is 2.97. The van der Waals surface area contributed by atoms with E-state index >= 15 is 0 Å². The minimum atomic E-state index is -4.68. The minimum absolute atomic E-state index is 0.0930. The van der Waals surface area contributed by atoms with Crippen molar-refractivity contribution in [2.24, 2.45) is 10.1 Å². The molecule has 0 N–H and O–H groups in total. The summed E-state index contributed by atoms with van der Waals surface area (Å²) < 4.78 is 38.5. The highest BCUT2D eigenvalue weighted by Gasteiger charge is 2.44. The van der Waals surface area contributed by atoms with Crippen LogP contribution in [0, 0.1) is 0 Å². The predicted octanol–water partition coefficient (Wildman–Crippen LogP) is 4.22. The summed E-state index contributed by atoms with van der Waals surface area (Å²) in [6.07, 6.45) is -1.93. The largest absolute Gasteiger partial charge is 0.453 e. The molecule has 3 nitrogen and oxygen atoms in total. The molecule has 1 atom stereocenters. The number of amidine groups is 1. The number of nitrogens with zero attached hydrogens (tertiary/aromatic N) is 3. The average Bonchev–Trinajstić information content (AvgIpc) is 2.26. The van der Waals surface area contributed by atoms with E-state index in [9.17, 15) is 13.2 Å². The average molecular weight is 347 g/mol. The number of rotatable bonds is 1. The molecule has 110 valence electrons. The summed E-state index contributed by atoms with van der Waals surface area (Å²) in [5.74, 6) is -1.27. The van der Waals surface area contributed by atoms with Gasteiger partial charge in [-0.15, -0.1) is 5.10 Å². The van der Waals surface area contributed by atoms with E-state index in [4.69, 9.17) is 34.8 Å². The van der Waals surface area contributed by atoms with Crippen molar-refractivity contribution >= 4 is 46.4 Å². The monoisotopic (exact) mass is 345 g/mol. The molecule has 2 rings (SSSR count). The first-order valence-electron chi connectivity index (χ1n) is 5.47. The van der Waals surface area contributed by atoms with E-state index in [0.717, 1.165) is 5.01 Å². The third-order valence-corrected chi connectivity index (χ3v) is 3.52. The number of hydrogen-bond acceptors (Lipinski definition) is 3. The van der Waals surface area contributed by atoms with Crippen molar-refractivity contribution in [3.63, 3.8) is 0 Å². The number of allylic oxidation sites excluding steroid dienone is 2. The molecule has 0 aromatic heterocycles. The Morgan fingerprint density at radius 3 is 2.30 bits per heavy atom. The van der Waals surface area contributed by atoms with Crippen molar-refractivity contribution in [2.45, 2.75) is 31.1 Å². The van der Waals surface area contributed by atoms with Gasteiger partial charge in [-0.3, -0.25) is 5.01 Å². The van der Waals surface area contributed by atoms with Crippen molar-refractivity contribution in [1.29, 1.82) is 0 Å². The maximum atomic E-state index is 12.8. The molecule has 0 bridgehead atoms. The zero-order valence-electron chi connectivity index (χ0n) is 10.3. The lowest BCUT2D eigenvalue weighted by Gasteiger charge is -2.39. The van der Waals surface area contributed by atoms with Crippen LogP contribution in [-0.2, 0) is 0 Å². The van der Waals surface area contributed by atoms with Gasteiger partial charge in [-0.1, -0.05) is 34.8 Å². The quantitative estimate of drug-likeness (QED) is 0.516. The summed E-state index contributed by atoms with van der Waals surface area (Å²) >= 11 is 17.8. The van der Waals surface area contributed by atoms with E-state index < -0.39 is 23.1 Å². The van der Waals surface area contributed by atoms with Gasteiger partial charge in [0.2, 0.25) is 0 Å². The van der Waals surface area contributed by atoms with Gasteiger partial charge in [0, 0.05) is 0 Å². The third-order valence-electron chi connectivity index (χ3n) is 2.61. The second-order valence-electron chi connectivity index (χ2n) is 4.66. The molecule has 1 heterocycles. The molecule has 0 amide bonds. The van der Waals surface area contributed by atoms with Crippen LogP contribution in [0.4, 0.5) is 13.2 Å². The normalized spacial score (nSPS) is 23.6. The molecule has 0 saturated heterocycles. The summed E-state index contributed by atoms with van der Waals surface area (Å²) in [6, 6.07) is -0.691. The van der Waals surface area contributed by atoms with E-state index in [1.54, 1.807) is 0 Å². The SMILES string of the molecule is CC(C)(Cl)N1N=C(C(F)(F)F)N=C2C=C(Cl)C(Cl)=CC21. The Morgan fingerprint density at radius 1 is 1.20 bits per heavy atom. The molecule has 0 fully saturated rings. The molecule has 0 aromatic rings. The minimum Gasteiger partial charge on any atom is -0.262 e. The number of alkyl halides is 4. The molecule has 0 radical (unpaired) electrons. The first kappa shape index (κ1) is 15.7. The smallest absolute Gasteiger partial charge is 0.262 e. The second-order valence-corrected chi connectivity index (χ2v) is 6.40. The van der Waals surface area contributed by atoms with Gasteiger partial charge in [0.25, 0.3) is 5.84 Å². The maximum absolute atomic E-state index is 12.8. The Kier molecular flexibility index (Phi) is 3.86. The van der Waals surface area contributed by atoms with Gasteiger partial charge >= 0.3 is 6.18 Å². The first-order chi connectivity index (χ1) is 9.00. The zero-order chi connectivity index (χ0) is 15.3. The van der Waals surface area contributed by atoms with Crippen molar-refractivity contribution < 1.29 is 13.2 Å². The molecule has 1 unspecified atom stereocenters. The summed E-state index contributed by atoms with van der Waals surface area (Å²) in [5, 5.41) is 4.93. The molecule has 1 aliphatic carbocycles. The molecule has 0 saturated carbocycles. The summed E-state index contributed by atoms with van der Waals surface area (Å²) in [6.45, 7) is 3.05. The predicted molar refractivity (Wildman–Crippen MR) is 74.4 cm³/mol. The number of hydrazone groups is 1. The number of hydrogen-bond donors (Lipinski definition) is 0. The summed E-state index contributed by atoms with van der Waals surface area (Å²) in [7, 11) is 0. The van der Waals surface area contributed by atoms with Crippen LogP contribution in [0.15, 0.2) is 32.3 Å². The Balaban J connectivity index is 2.54. The summed E-state index contributed by atoms with van der Waals surface area (Å²) in [4.78, 5) is 2.34. The van der Waals surface area contributed by atoms with Crippen LogP contribution in [0.1, 0.15) is 13.8 Å². The molecule has 0 spiro atoms. The number of halogens is 6. The molecular formula is C11H9Cl3F3N3. The van der Waals surface area contributed by atoms with E-state index in [0.29, 0.717) is 0 Å². The topological polar surface area (TPSA) is 28.0 Å². The second kappa shape index (κ2) is 4.93. The van der Waals surface area contributed by atoms with Gasteiger partial charge in [-0.05, 0) is 26.0 Å². The van der Waals surface area contributed by atoms with Crippen LogP contribution in [0.5, 0.6) is 0 Å². The lowest BCUT2D eigenvalue weighted by atomic mass is 10.0. The van der Waals surface area contributed by atoms with E-state index in [2.05, 4.69) is 10.1 Å². The van der Waals surface area contributed by atoms with Crippen LogP contribution in [0.2, 0.25) is 0 Å². The van der Waals surface area contributed by atoms with Crippen molar-refractivity contribution in [2.75, 3.05) is 0 Å². The van der Waals surface area contributed by atoms with Crippen molar-refractivity contribution in [3.8, 4) is 0 Å². The molecule has 0 aromatic carbocycles. The fraction of sp³-hybridized carbons (Fsp3) is 0.455. The van der Waals surface area contributed by atoms with Gasteiger partial charge in [0.1, 0.15) is 11.0 Å².